The number of halogens is 1. The standard InChI is InChI=1S/C20H18FN3O2/c1-24-20-18(11-22-24)17(10-19(25)23-20)14-5-7-16(8-6-14)26-12-13-3-2-4-15(21)9-13/h2-9,11,17H,10,12H2,1H3,(H,23,25)/t17-/m0/s1. The average Bonchev–Trinajstić information content (AvgIpc) is 3.01. The fraction of sp³-hybridized carbons (Fsp3) is 0.200. The number of nitrogens with one attached hydrogen (secondary N) is 1. The van der Waals surface area contributed by atoms with Gasteiger partial charge in [-0.25, -0.2) is 4.39 Å². The van der Waals surface area contributed by atoms with Crippen molar-refractivity contribution in [3.63, 3.8) is 0 Å². The summed E-state index contributed by atoms with van der Waals surface area (Å²) in [5.74, 6) is 1.13. The molecule has 0 fully saturated rings. The highest BCUT2D eigenvalue weighted by Gasteiger charge is 2.29. The first-order valence-electron chi connectivity index (χ1n) is 8.39. The van der Waals surface area contributed by atoms with Gasteiger partial charge in [-0.05, 0) is 35.4 Å². The SMILES string of the molecule is Cn1ncc2c1NC(=O)C[C@H]2c1ccc(OCc2cccc(F)c2)cc1. The molecule has 1 atom stereocenters. The van der Waals surface area contributed by atoms with Crippen LogP contribution >= 0.6 is 0 Å². The van der Waals surface area contributed by atoms with Crippen LogP contribution in [-0.2, 0) is 18.4 Å². The third-order valence-corrected chi connectivity index (χ3v) is 4.57. The van der Waals surface area contributed by atoms with Crippen LogP contribution in [0.25, 0.3) is 0 Å². The van der Waals surface area contributed by atoms with Gasteiger partial charge in [0.05, 0.1) is 6.20 Å². The van der Waals surface area contributed by atoms with Crippen molar-refractivity contribution < 1.29 is 13.9 Å². The normalized spacial score (nSPS) is 16.1. The lowest BCUT2D eigenvalue weighted by Crippen LogP contribution is -2.24. The number of nitrogens with zero attached hydrogens (tertiary/aromatic N) is 2. The molecule has 1 aliphatic heterocycles. The van der Waals surface area contributed by atoms with Crippen LogP contribution in [0.1, 0.15) is 29.0 Å². The Kier molecular flexibility index (Phi) is 4.16. The van der Waals surface area contributed by atoms with E-state index >= 15 is 0 Å². The number of carbonyl (C=O) groups is 1. The molecule has 3 aromatic rings. The Labute approximate surface area is 150 Å². The molecule has 132 valence electrons. The molecule has 1 amide bonds. The Hall–Kier alpha value is -3.15. The second kappa shape index (κ2) is 6.63. The monoisotopic (exact) mass is 351 g/mol. The van der Waals surface area contributed by atoms with E-state index in [1.807, 2.05) is 37.4 Å². The molecule has 1 N–H and O–H groups in total. The van der Waals surface area contributed by atoms with Crippen molar-refractivity contribution in [1.29, 1.82) is 0 Å². The molecule has 26 heavy (non-hydrogen) atoms. The lowest BCUT2D eigenvalue weighted by molar-refractivity contribution is -0.116. The molecule has 2 aromatic carbocycles. The highest BCUT2D eigenvalue weighted by Crippen LogP contribution is 2.37. The number of ether oxygens (including phenoxy) is 1. The van der Waals surface area contributed by atoms with Crippen molar-refractivity contribution in [3.8, 4) is 5.75 Å². The number of amides is 1. The molecule has 0 saturated heterocycles. The van der Waals surface area contributed by atoms with Crippen LogP contribution in [0.3, 0.4) is 0 Å². The Morgan fingerprint density at radius 1 is 1.27 bits per heavy atom. The summed E-state index contributed by atoms with van der Waals surface area (Å²) in [6.07, 6.45) is 2.19. The summed E-state index contributed by atoms with van der Waals surface area (Å²) in [6, 6.07) is 14.0. The number of benzene rings is 2. The number of rotatable bonds is 4. The third kappa shape index (κ3) is 3.18. The van der Waals surface area contributed by atoms with Crippen LogP contribution in [0, 0.1) is 5.82 Å². The van der Waals surface area contributed by atoms with Gasteiger partial charge in [0.2, 0.25) is 5.91 Å². The van der Waals surface area contributed by atoms with Crippen molar-refractivity contribution in [2.24, 2.45) is 7.05 Å². The quantitative estimate of drug-likeness (QED) is 0.781. The fourth-order valence-corrected chi connectivity index (χ4v) is 3.23. The minimum Gasteiger partial charge on any atom is -0.489 e. The van der Waals surface area contributed by atoms with Crippen LogP contribution in [0.5, 0.6) is 5.75 Å². The van der Waals surface area contributed by atoms with Gasteiger partial charge in [-0.1, -0.05) is 24.3 Å². The summed E-state index contributed by atoms with van der Waals surface area (Å²) in [6.45, 7) is 0.301. The molecule has 2 heterocycles. The number of aromatic nitrogens is 2. The van der Waals surface area contributed by atoms with Gasteiger partial charge in [0.15, 0.2) is 0 Å². The first kappa shape index (κ1) is 16.3. The van der Waals surface area contributed by atoms with Crippen molar-refractivity contribution in [1.82, 2.24) is 9.78 Å². The number of aryl methyl sites for hydroxylation is 1. The number of hydrogen-bond donors (Lipinski definition) is 1. The lowest BCUT2D eigenvalue weighted by Gasteiger charge is -2.23. The Balaban J connectivity index is 1.50. The Bertz CT molecular complexity index is 950. The molecule has 0 saturated carbocycles. The number of fused-ring (bicyclic) bond motifs is 1. The van der Waals surface area contributed by atoms with Gasteiger partial charge in [-0.15, -0.1) is 0 Å². The lowest BCUT2D eigenvalue weighted by atomic mass is 9.87. The van der Waals surface area contributed by atoms with Crippen LogP contribution < -0.4 is 10.1 Å². The van der Waals surface area contributed by atoms with Crippen LogP contribution in [-0.4, -0.2) is 15.7 Å². The molecule has 4 rings (SSSR count). The first-order chi connectivity index (χ1) is 12.6. The van der Waals surface area contributed by atoms with E-state index in [0.717, 1.165) is 22.5 Å². The minimum atomic E-state index is -0.274. The van der Waals surface area contributed by atoms with E-state index < -0.39 is 0 Å². The average molecular weight is 351 g/mol. The Morgan fingerprint density at radius 2 is 2.08 bits per heavy atom. The van der Waals surface area contributed by atoms with Gasteiger partial charge in [-0.3, -0.25) is 9.48 Å². The number of hydrogen-bond acceptors (Lipinski definition) is 3. The van der Waals surface area contributed by atoms with Gasteiger partial charge in [0.1, 0.15) is 24.0 Å². The third-order valence-electron chi connectivity index (χ3n) is 4.57. The summed E-state index contributed by atoms with van der Waals surface area (Å²) < 4.78 is 20.6. The molecule has 0 bridgehead atoms. The van der Waals surface area contributed by atoms with Gasteiger partial charge >= 0.3 is 0 Å². The summed E-state index contributed by atoms with van der Waals surface area (Å²) in [5, 5.41) is 7.11. The maximum absolute atomic E-state index is 13.2. The maximum atomic E-state index is 13.2. The van der Waals surface area contributed by atoms with E-state index in [2.05, 4.69) is 10.4 Å². The predicted molar refractivity (Wildman–Crippen MR) is 95.5 cm³/mol. The molecule has 0 unspecified atom stereocenters. The number of carbonyl (C=O) groups excluding carboxylic acids is 1. The molecule has 5 nitrogen and oxygen atoms in total. The Morgan fingerprint density at radius 3 is 2.85 bits per heavy atom. The molecule has 6 heteroatoms. The zero-order chi connectivity index (χ0) is 18.1. The smallest absolute Gasteiger partial charge is 0.226 e. The van der Waals surface area contributed by atoms with E-state index in [4.69, 9.17) is 4.74 Å². The molecule has 1 aliphatic rings. The summed E-state index contributed by atoms with van der Waals surface area (Å²) in [5.41, 5.74) is 2.82. The van der Waals surface area contributed by atoms with Gasteiger partial charge < -0.3 is 10.1 Å². The highest BCUT2D eigenvalue weighted by atomic mass is 19.1. The summed E-state index contributed by atoms with van der Waals surface area (Å²) in [7, 11) is 1.81. The topological polar surface area (TPSA) is 56.2 Å². The van der Waals surface area contributed by atoms with Crippen molar-refractivity contribution in [2.75, 3.05) is 5.32 Å². The molecule has 0 aliphatic carbocycles. The summed E-state index contributed by atoms with van der Waals surface area (Å²) in [4.78, 5) is 12.0. The van der Waals surface area contributed by atoms with Gasteiger partial charge in [-0.2, -0.15) is 5.10 Å². The van der Waals surface area contributed by atoms with Crippen LogP contribution in [0.2, 0.25) is 0 Å². The predicted octanol–water partition coefficient (Wildman–Crippen LogP) is 3.61. The second-order valence-electron chi connectivity index (χ2n) is 6.36. The van der Waals surface area contributed by atoms with Crippen molar-refractivity contribution in [2.45, 2.75) is 18.9 Å². The molecule has 0 radical (unpaired) electrons. The van der Waals surface area contributed by atoms with Crippen molar-refractivity contribution in [3.05, 3.63) is 77.2 Å². The van der Waals surface area contributed by atoms with Crippen LogP contribution in [0.4, 0.5) is 10.2 Å². The van der Waals surface area contributed by atoms with Gasteiger partial charge in [0, 0.05) is 24.9 Å². The van der Waals surface area contributed by atoms with E-state index in [1.165, 1.54) is 12.1 Å². The van der Waals surface area contributed by atoms with E-state index in [9.17, 15) is 9.18 Å². The number of anilines is 1. The van der Waals surface area contributed by atoms with Crippen LogP contribution in [0.15, 0.2) is 54.7 Å². The summed E-state index contributed by atoms with van der Waals surface area (Å²) >= 11 is 0. The zero-order valence-corrected chi connectivity index (χ0v) is 14.3. The highest BCUT2D eigenvalue weighted by molar-refractivity contribution is 5.94. The molecule has 0 spiro atoms. The largest absolute Gasteiger partial charge is 0.489 e. The molecular formula is C20H18FN3O2. The fourth-order valence-electron chi connectivity index (χ4n) is 3.23. The first-order valence-corrected chi connectivity index (χ1v) is 8.39. The molecular weight excluding hydrogens is 333 g/mol. The van der Waals surface area contributed by atoms with E-state index in [1.54, 1.807) is 16.9 Å². The van der Waals surface area contributed by atoms with E-state index in [-0.39, 0.29) is 17.6 Å². The van der Waals surface area contributed by atoms with Gasteiger partial charge in [0.25, 0.3) is 0 Å². The maximum Gasteiger partial charge on any atom is 0.226 e. The second-order valence-corrected chi connectivity index (χ2v) is 6.36. The minimum absolute atomic E-state index is 0.0162. The van der Waals surface area contributed by atoms with Crippen molar-refractivity contribution >= 4 is 11.7 Å². The zero-order valence-electron chi connectivity index (χ0n) is 14.3. The van der Waals surface area contributed by atoms with E-state index in [0.29, 0.717) is 18.8 Å². The molecule has 1 aromatic heterocycles.